The molecule has 42 heavy (non-hydrogen) atoms. The molecule has 1 fully saturated rings. The molecule has 0 atom stereocenters. The first-order valence-electron chi connectivity index (χ1n) is 14.3. The summed E-state index contributed by atoms with van der Waals surface area (Å²) in [5.41, 5.74) is 4.32. The van der Waals surface area contributed by atoms with Crippen LogP contribution in [0.5, 0.6) is 0 Å². The molecule has 0 aromatic heterocycles. The molecule has 1 heterocycles. The van der Waals surface area contributed by atoms with Crippen LogP contribution in [0.15, 0.2) is 77.9 Å². The van der Waals surface area contributed by atoms with Crippen LogP contribution in [0.25, 0.3) is 0 Å². The van der Waals surface area contributed by atoms with Crippen molar-refractivity contribution in [2.75, 3.05) is 11.9 Å². The summed E-state index contributed by atoms with van der Waals surface area (Å²) in [7, 11) is 0. The normalized spacial score (nSPS) is 15.9. The smallest absolute Gasteiger partial charge is 0.312 e. The zero-order valence-electron chi connectivity index (χ0n) is 24.6. The van der Waals surface area contributed by atoms with Gasteiger partial charge in [0.05, 0.1) is 18.4 Å². The minimum absolute atomic E-state index is 0.0609. The van der Waals surface area contributed by atoms with Crippen molar-refractivity contribution in [1.82, 2.24) is 5.01 Å². The third kappa shape index (κ3) is 7.05. The van der Waals surface area contributed by atoms with Crippen molar-refractivity contribution < 1.29 is 23.9 Å². The molecule has 1 aliphatic heterocycles. The average Bonchev–Trinajstić information content (AvgIpc) is 3.74. The highest BCUT2D eigenvalue weighted by molar-refractivity contribution is 5.98. The SMILES string of the molecule is Cc1c(CC2(C(=O)OC(C)(C)C)CC2)cccc1NC(=O)Cc1ccc(CN2N=C(c3ccccc3)OCC2=O)cc1. The quantitative estimate of drug-likeness (QED) is 0.342. The van der Waals surface area contributed by atoms with Crippen LogP contribution in [0.4, 0.5) is 5.69 Å². The molecule has 0 radical (unpaired) electrons. The fourth-order valence-electron chi connectivity index (χ4n) is 4.92. The lowest BCUT2D eigenvalue weighted by molar-refractivity contribution is -0.161. The molecule has 1 aliphatic carbocycles. The van der Waals surface area contributed by atoms with Gasteiger partial charge in [-0.15, -0.1) is 5.10 Å². The van der Waals surface area contributed by atoms with E-state index in [2.05, 4.69) is 10.4 Å². The van der Waals surface area contributed by atoms with Gasteiger partial charge >= 0.3 is 5.97 Å². The second-order valence-corrected chi connectivity index (χ2v) is 12.1. The molecule has 0 spiro atoms. The topological polar surface area (TPSA) is 97.3 Å². The molecule has 2 amide bonds. The van der Waals surface area contributed by atoms with E-state index in [9.17, 15) is 14.4 Å². The van der Waals surface area contributed by atoms with E-state index in [-0.39, 0.29) is 30.8 Å². The van der Waals surface area contributed by atoms with Crippen molar-refractivity contribution in [2.24, 2.45) is 10.5 Å². The molecule has 3 aromatic rings. The zero-order valence-corrected chi connectivity index (χ0v) is 24.6. The van der Waals surface area contributed by atoms with Gasteiger partial charge in [0.25, 0.3) is 5.91 Å². The Balaban J connectivity index is 1.19. The fraction of sp³-hybridized carbons (Fsp3) is 0.353. The lowest BCUT2D eigenvalue weighted by Crippen LogP contribution is -2.36. The predicted octanol–water partition coefficient (Wildman–Crippen LogP) is 5.56. The number of benzene rings is 3. The Bertz CT molecular complexity index is 1500. The van der Waals surface area contributed by atoms with Gasteiger partial charge in [0.1, 0.15) is 5.60 Å². The van der Waals surface area contributed by atoms with E-state index >= 15 is 0 Å². The van der Waals surface area contributed by atoms with Gasteiger partial charge in [-0.1, -0.05) is 54.6 Å². The summed E-state index contributed by atoms with van der Waals surface area (Å²) < 4.78 is 11.2. The first-order valence-corrected chi connectivity index (χ1v) is 14.3. The number of anilines is 1. The van der Waals surface area contributed by atoms with E-state index in [0.717, 1.165) is 46.3 Å². The lowest BCUT2D eigenvalue weighted by Gasteiger charge is -2.24. The number of nitrogens with one attached hydrogen (secondary N) is 1. The average molecular weight is 568 g/mol. The van der Waals surface area contributed by atoms with Crippen molar-refractivity contribution in [1.29, 1.82) is 0 Å². The number of rotatable bonds is 9. The number of hydrogen-bond acceptors (Lipinski definition) is 6. The van der Waals surface area contributed by atoms with Crippen molar-refractivity contribution in [3.8, 4) is 0 Å². The Labute approximate surface area is 246 Å². The van der Waals surface area contributed by atoms with Gasteiger partial charge in [-0.2, -0.15) is 0 Å². The van der Waals surface area contributed by atoms with Gasteiger partial charge in [-0.25, -0.2) is 5.01 Å². The van der Waals surface area contributed by atoms with Crippen molar-refractivity contribution >= 4 is 29.4 Å². The standard InChI is InChI=1S/C34H37N3O5/c1-23-27(20-34(17-18-34)32(40)42-33(2,3)4)11-8-12-28(23)35-29(38)19-24-13-15-25(16-14-24)21-37-30(39)22-41-31(36-37)26-9-6-5-7-10-26/h5-16H,17-22H2,1-4H3,(H,35,38). The maximum absolute atomic E-state index is 13.0. The fourth-order valence-corrected chi connectivity index (χ4v) is 4.92. The minimum atomic E-state index is -0.518. The van der Waals surface area contributed by atoms with Gasteiger partial charge in [0.15, 0.2) is 6.61 Å². The van der Waals surface area contributed by atoms with E-state index in [0.29, 0.717) is 18.9 Å². The Kier molecular flexibility index (Phi) is 8.16. The van der Waals surface area contributed by atoms with Gasteiger partial charge in [0.2, 0.25) is 11.8 Å². The Hall–Kier alpha value is -4.46. The van der Waals surface area contributed by atoms with Crippen LogP contribution in [0.3, 0.4) is 0 Å². The number of carbonyl (C=O) groups excluding carboxylic acids is 3. The zero-order chi connectivity index (χ0) is 29.9. The van der Waals surface area contributed by atoms with E-state index in [1.165, 1.54) is 5.01 Å². The first-order chi connectivity index (χ1) is 20.0. The van der Waals surface area contributed by atoms with Crippen molar-refractivity contribution in [2.45, 2.75) is 65.5 Å². The van der Waals surface area contributed by atoms with Crippen LogP contribution in [0.1, 0.15) is 61.4 Å². The van der Waals surface area contributed by atoms with E-state index in [4.69, 9.17) is 9.47 Å². The van der Waals surface area contributed by atoms with Gasteiger partial charge in [0, 0.05) is 11.3 Å². The molecular formula is C34H37N3O5. The highest BCUT2D eigenvalue weighted by atomic mass is 16.6. The number of esters is 1. The highest BCUT2D eigenvalue weighted by Gasteiger charge is 2.52. The number of carbonyl (C=O) groups is 3. The molecule has 218 valence electrons. The van der Waals surface area contributed by atoms with Crippen LogP contribution in [-0.2, 0) is 43.2 Å². The van der Waals surface area contributed by atoms with Crippen LogP contribution in [-0.4, -0.2) is 40.9 Å². The van der Waals surface area contributed by atoms with E-state index < -0.39 is 11.0 Å². The first kappa shape index (κ1) is 29.0. The highest BCUT2D eigenvalue weighted by Crippen LogP contribution is 2.50. The third-order valence-electron chi connectivity index (χ3n) is 7.51. The molecule has 8 heteroatoms. The van der Waals surface area contributed by atoms with Crippen molar-refractivity contribution in [3.05, 3.63) is 101 Å². The Morgan fingerprint density at radius 3 is 2.33 bits per heavy atom. The summed E-state index contributed by atoms with van der Waals surface area (Å²) in [5, 5.41) is 8.85. The number of amides is 2. The number of hydrazone groups is 1. The Morgan fingerprint density at radius 1 is 0.976 bits per heavy atom. The largest absolute Gasteiger partial charge is 0.466 e. The van der Waals surface area contributed by atoms with Crippen LogP contribution in [0.2, 0.25) is 0 Å². The second-order valence-electron chi connectivity index (χ2n) is 12.1. The lowest BCUT2D eigenvalue weighted by atomic mass is 9.92. The number of nitrogens with zero attached hydrogens (tertiary/aromatic N) is 2. The second kappa shape index (κ2) is 11.8. The number of hydrogen-bond donors (Lipinski definition) is 1. The van der Waals surface area contributed by atoms with Gasteiger partial charge in [-0.05, 0) is 87.4 Å². The summed E-state index contributed by atoms with van der Waals surface area (Å²) in [4.78, 5) is 38.2. The summed E-state index contributed by atoms with van der Waals surface area (Å²) in [6.45, 7) is 7.88. The molecular weight excluding hydrogens is 530 g/mol. The monoisotopic (exact) mass is 567 g/mol. The summed E-state index contributed by atoms with van der Waals surface area (Å²) in [6, 6.07) is 22.9. The molecule has 0 bridgehead atoms. The Morgan fingerprint density at radius 2 is 1.67 bits per heavy atom. The van der Waals surface area contributed by atoms with Crippen molar-refractivity contribution in [3.63, 3.8) is 0 Å². The van der Waals surface area contributed by atoms with Crippen LogP contribution < -0.4 is 5.32 Å². The van der Waals surface area contributed by atoms with Crippen LogP contribution in [0, 0.1) is 12.3 Å². The molecule has 5 rings (SSSR count). The maximum atomic E-state index is 13.0. The number of ether oxygens (including phenoxy) is 2. The predicted molar refractivity (Wildman–Crippen MR) is 161 cm³/mol. The molecule has 0 unspecified atom stereocenters. The molecule has 0 saturated heterocycles. The summed E-state index contributed by atoms with van der Waals surface area (Å²) in [6.07, 6.45) is 2.43. The van der Waals surface area contributed by atoms with Crippen LogP contribution >= 0.6 is 0 Å². The third-order valence-corrected chi connectivity index (χ3v) is 7.51. The van der Waals surface area contributed by atoms with Gasteiger partial charge < -0.3 is 14.8 Å². The molecule has 1 N–H and O–H groups in total. The molecule has 1 saturated carbocycles. The molecule has 2 aliphatic rings. The summed E-state index contributed by atoms with van der Waals surface area (Å²) in [5.74, 6) is -0.0696. The molecule has 8 nitrogen and oxygen atoms in total. The van der Waals surface area contributed by atoms with E-state index in [1.807, 2.05) is 100 Å². The maximum Gasteiger partial charge on any atom is 0.312 e. The summed E-state index contributed by atoms with van der Waals surface area (Å²) >= 11 is 0. The van der Waals surface area contributed by atoms with Gasteiger partial charge in [-0.3, -0.25) is 14.4 Å². The molecule has 3 aromatic carbocycles. The van der Waals surface area contributed by atoms with E-state index in [1.54, 1.807) is 0 Å². The minimum Gasteiger partial charge on any atom is -0.466 e.